The molecule has 0 saturated heterocycles. The second-order valence-corrected chi connectivity index (χ2v) is 9.21. The Morgan fingerprint density at radius 1 is 1.00 bits per heavy atom. The van der Waals surface area contributed by atoms with Gasteiger partial charge in [0.25, 0.3) is 11.5 Å². The topological polar surface area (TPSA) is 108 Å². The molecule has 4 aromatic carbocycles. The van der Waals surface area contributed by atoms with Gasteiger partial charge in [0, 0.05) is 5.69 Å². The van der Waals surface area contributed by atoms with E-state index in [1.165, 1.54) is 35.2 Å². The maximum Gasteiger partial charge on any atom is 0.282 e. The van der Waals surface area contributed by atoms with Gasteiger partial charge in [-0.3, -0.25) is 9.59 Å². The lowest BCUT2D eigenvalue weighted by Crippen LogP contribution is -2.20. The van der Waals surface area contributed by atoms with E-state index in [-0.39, 0.29) is 18.0 Å². The van der Waals surface area contributed by atoms with Gasteiger partial charge in [0.05, 0.1) is 29.6 Å². The molecule has 0 aliphatic carbocycles. The van der Waals surface area contributed by atoms with Crippen molar-refractivity contribution < 1.29 is 23.1 Å². The van der Waals surface area contributed by atoms with Crippen LogP contribution in [0.5, 0.6) is 11.5 Å². The van der Waals surface area contributed by atoms with Crippen molar-refractivity contribution in [2.75, 3.05) is 19.0 Å². The third-order valence-electron chi connectivity index (χ3n) is 6.39. The lowest BCUT2D eigenvalue weighted by atomic mass is 10.2. The van der Waals surface area contributed by atoms with Crippen LogP contribution in [-0.2, 0) is 4.79 Å². The highest BCUT2D eigenvalue weighted by Crippen LogP contribution is 2.32. The number of fused-ring (bicyclic) bond motifs is 2. The van der Waals surface area contributed by atoms with Crippen LogP contribution < -0.4 is 20.3 Å². The van der Waals surface area contributed by atoms with Gasteiger partial charge in [0.2, 0.25) is 5.82 Å². The molecule has 0 aliphatic heterocycles. The molecule has 208 valence electrons. The first-order valence-corrected chi connectivity index (χ1v) is 12.9. The molecule has 1 amide bonds. The third-order valence-corrected chi connectivity index (χ3v) is 6.39. The molecule has 0 bridgehead atoms. The number of methoxy groups -OCH3 is 1. The zero-order chi connectivity index (χ0) is 29.1. The molecule has 0 atom stereocenters. The van der Waals surface area contributed by atoms with E-state index < -0.39 is 11.7 Å². The van der Waals surface area contributed by atoms with E-state index in [1.54, 1.807) is 67.8 Å². The number of furan rings is 1. The molecule has 6 rings (SSSR count). The molecule has 0 radical (unpaired) electrons. The van der Waals surface area contributed by atoms with Crippen molar-refractivity contribution >= 4 is 39.7 Å². The Bertz CT molecular complexity index is 2010. The normalized spacial score (nSPS) is 11.3. The minimum Gasteiger partial charge on any atom is -0.496 e. The van der Waals surface area contributed by atoms with Gasteiger partial charge in [-0.15, -0.1) is 0 Å². The Balaban J connectivity index is 1.29. The Labute approximate surface area is 238 Å². The van der Waals surface area contributed by atoms with Crippen LogP contribution in [0.2, 0.25) is 0 Å². The summed E-state index contributed by atoms with van der Waals surface area (Å²) in [7, 11) is 1.58. The lowest BCUT2D eigenvalue weighted by molar-refractivity contribution is -0.118. The number of hydrogen-bond acceptors (Lipinski definition) is 7. The Morgan fingerprint density at radius 2 is 1.81 bits per heavy atom. The summed E-state index contributed by atoms with van der Waals surface area (Å²) >= 11 is 0. The van der Waals surface area contributed by atoms with Crippen molar-refractivity contribution in [1.82, 2.24) is 9.66 Å². The maximum atomic E-state index is 13.5. The highest BCUT2D eigenvalue weighted by molar-refractivity contribution is 5.92. The van der Waals surface area contributed by atoms with E-state index in [4.69, 9.17) is 18.9 Å². The van der Waals surface area contributed by atoms with Crippen molar-refractivity contribution in [1.29, 1.82) is 0 Å². The largest absolute Gasteiger partial charge is 0.496 e. The summed E-state index contributed by atoms with van der Waals surface area (Å²) in [5, 5.41) is 8.25. The number of ether oxygens (including phenoxy) is 2. The standard InChI is InChI=1S/C32H23FN4O5/c1-40-27-10-5-11-28-25(27)17-29(42-28)31-36-26-9-3-2-8-24(26)32(39)37(31)34-18-20-6-4-7-23(16-20)41-19-30(38)35-22-14-12-21(33)13-15-22/h2-18H,19H2,1H3,(H,35,38). The summed E-state index contributed by atoms with van der Waals surface area (Å²) in [6.07, 6.45) is 1.50. The first-order chi connectivity index (χ1) is 20.5. The lowest BCUT2D eigenvalue weighted by Gasteiger charge is -2.09. The fourth-order valence-corrected chi connectivity index (χ4v) is 4.40. The number of nitrogens with one attached hydrogen (secondary N) is 1. The second-order valence-electron chi connectivity index (χ2n) is 9.21. The highest BCUT2D eigenvalue weighted by Gasteiger charge is 2.18. The highest BCUT2D eigenvalue weighted by atomic mass is 19.1. The van der Waals surface area contributed by atoms with Crippen LogP contribution in [0.25, 0.3) is 33.5 Å². The van der Waals surface area contributed by atoms with Gasteiger partial charge in [0.15, 0.2) is 12.4 Å². The number of nitrogens with zero attached hydrogens (tertiary/aromatic N) is 3. The van der Waals surface area contributed by atoms with Gasteiger partial charge < -0.3 is 19.2 Å². The van der Waals surface area contributed by atoms with Crippen LogP contribution in [0.4, 0.5) is 10.1 Å². The Morgan fingerprint density at radius 3 is 2.64 bits per heavy atom. The summed E-state index contributed by atoms with van der Waals surface area (Å²) in [6, 6.07) is 26.5. The molecule has 0 fully saturated rings. The SMILES string of the molecule is COc1cccc2oc(-c3nc4ccccc4c(=O)n3N=Cc3cccc(OCC(=O)Nc4ccc(F)cc4)c3)cc12. The quantitative estimate of drug-likeness (QED) is 0.233. The van der Waals surface area contributed by atoms with Gasteiger partial charge in [-0.25, -0.2) is 9.37 Å². The summed E-state index contributed by atoms with van der Waals surface area (Å²) in [4.78, 5) is 30.5. The smallest absolute Gasteiger partial charge is 0.282 e. The van der Waals surface area contributed by atoms with Crippen molar-refractivity contribution in [3.63, 3.8) is 0 Å². The fourth-order valence-electron chi connectivity index (χ4n) is 4.40. The van der Waals surface area contributed by atoms with Gasteiger partial charge in [-0.1, -0.05) is 30.3 Å². The number of benzene rings is 4. The van der Waals surface area contributed by atoms with Crippen LogP contribution in [-0.4, -0.2) is 35.5 Å². The number of halogens is 1. The molecule has 1 N–H and O–H groups in total. The average molecular weight is 563 g/mol. The molecule has 0 saturated carbocycles. The van der Waals surface area contributed by atoms with E-state index in [2.05, 4.69) is 10.4 Å². The summed E-state index contributed by atoms with van der Waals surface area (Å²) < 4.78 is 31.4. The number of hydrogen-bond donors (Lipinski definition) is 1. The molecule has 42 heavy (non-hydrogen) atoms. The zero-order valence-corrected chi connectivity index (χ0v) is 22.3. The maximum absolute atomic E-state index is 13.5. The number of carbonyl (C=O) groups excluding carboxylic acids is 1. The van der Waals surface area contributed by atoms with E-state index in [1.807, 2.05) is 12.1 Å². The molecule has 0 spiro atoms. The van der Waals surface area contributed by atoms with E-state index in [0.717, 1.165) is 5.39 Å². The predicted molar refractivity (Wildman–Crippen MR) is 158 cm³/mol. The molecular weight excluding hydrogens is 539 g/mol. The minimum absolute atomic E-state index is 0.220. The molecule has 9 nitrogen and oxygen atoms in total. The summed E-state index contributed by atoms with van der Waals surface area (Å²) in [5.41, 5.74) is 1.79. The van der Waals surface area contributed by atoms with Crippen LogP contribution >= 0.6 is 0 Å². The van der Waals surface area contributed by atoms with Crippen molar-refractivity contribution in [3.8, 4) is 23.1 Å². The second kappa shape index (κ2) is 11.4. The van der Waals surface area contributed by atoms with Crippen LogP contribution in [0, 0.1) is 5.82 Å². The molecule has 0 aliphatic rings. The average Bonchev–Trinajstić information content (AvgIpc) is 3.45. The fraction of sp³-hybridized carbons (Fsp3) is 0.0625. The summed E-state index contributed by atoms with van der Waals surface area (Å²) in [6.45, 7) is -0.258. The van der Waals surface area contributed by atoms with E-state index >= 15 is 0 Å². The number of para-hydroxylation sites is 1. The van der Waals surface area contributed by atoms with Crippen LogP contribution in [0.3, 0.4) is 0 Å². The number of aromatic nitrogens is 2. The number of carbonyl (C=O) groups is 1. The minimum atomic E-state index is -0.401. The van der Waals surface area contributed by atoms with E-state index in [0.29, 0.717) is 45.0 Å². The zero-order valence-electron chi connectivity index (χ0n) is 22.3. The molecule has 10 heteroatoms. The van der Waals surface area contributed by atoms with E-state index in [9.17, 15) is 14.0 Å². The van der Waals surface area contributed by atoms with Gasteiger partial charge >= 0.3 is 0 Å². The van der Waals surface area contributed by atoms with Gasteiger partial charge in [-0.2, -0.15) is 9.78 Å². The first kappa shape index (κ1) is 26.5. The van der Waals surface area contributed by atoms with Crippen LogP contribution in [0.15, 0.2) is 111 Å². The van der Waals surface area contributed by atoms with Crippen LogP contribution in [0.1, 0.15) is 5.56 Å². The number of rotatable bonds is 8. The Hall–Kier alpha value is -5.77. The van der Waals surface area contributed by atoms with Crippen molar-refractivity contribution in [2.45, 2.75) is 0 Å². The van der Waals surface area contributed by atoms with Gasteiger partial charge in [0.1, 0.15) is 22.9 Å². The number of amides is 1. The van der Waals surface area contributed by atoms with Gasteiger partial charge in [-0.05, 0) is 72.3 Å². The predicted octanol–water partition coefficient (Wildman–Crippen LogP) is 5.86. The summed E-state index contributed by atoms with van der Waals surface area (Å²) in [5.74, 6) is 0.818. The van der Waals surface area contributed by atoms with Crippen molar-refractivity contribution in [2.24, 2.45) is 5.10 Å². The third kappa shape index (κ3) is 5.46. The number of anilines is 1. The molecule has 0 unspecified atom stereocenters. The molecule has 6 aromatic rings. The Kier molecular flexibility index (Phi) is 7.17. The molecule has 2 heterocycles. The first-order valence-electron chi connectivity index (χ1n) is 12.9. The molecule has 2 aromatic heterocycles. The molecular formula is C32H23FN4O5. The monoisotopic (exact) mass is 562 g/mol. The van der Waals surface area contributed by atoms with Crippen molar-refractivity contribution in [3.05, 3.63) is 119 Å².